The van der Waals surface area contributed by atoms with Gasteiger partial charge in [-0.05, 0) is 57.9 Å². The van der Waals surface area contributed by atoms with E-state index in [0.29, 0.717) is 18.1 Å². The summed E-state index contributed by atoms with van der Waals surface area (Å²) < 4.78 is 12.5. The average Bonchev–Trinajstić information content (AvgIpc) is 3.19. The minimum atomic E-state index is -0.834. The lowest BCUT2D eigenvalue weighted by Crippen LogP contribution is -2.27. The van der Waals surface area contributed by atoms with Gasteiger partial charge in [0.05, 0.1) is 12.3 Å². The van der Waals surface area contributed by atoms with Crippen molar-refractivity contribution in [3.63, 3.8) is 0 Å². The summed E-state index contributed by atoms with van der Waals surface area (Å²) in [5, 5.41) is 20.6. The van der Waals surface area contributed by atoms with E-state index in [9.17, 15) is 5.02 Å². The molecular weight excluding hydrogens is 283 g/mol. The third-order valence-corrected chi connectivity index (χ3v) is 3.46. The van der Waals surface area contributed by atoms with Crippen LogP contribution in [0, 0.1) is 0 Å². The van der Waals surface area contributed by atoms with E-state index in [4.69, 9.17) is 9.39 Å². The lowest BCUT2D eigenvalue weighted by Gasteiger charge is -2.08. The summed E-state index contributed by atoms with van der Waals surface area (Å²) in [6, 6.07) is 12.9. The maximum absolute atomic E-state index is 9.60. The van der Waals surface area contributed by atoms with Crippen LogP contribution in [0.2, 0.25) is 0 Å². The fourth-order valence-corrected chi connectivity index (χ4v) is 2.35. The third-order valence-electron chi connectivity index (χ3n) is 3.46. The molecule has 0 amide bonds. The predicted molar refractivity (Wildman–Crippen MR) is 78.1 cm³/mol. The molecule has 3 aromatic rings. The van der Waals surface area contributed by atoms with E-state index in [1.54, 1.807) is 4.68 Å². The van der Waals surface area contributed by atoms with E-state index in [1.165, 1.54) is 6.33 Å². The molecule has 7 nitrogen and oxygen atoms in total. The van der Waals surface area contributed by atoms with Crippen molar-refractivity contribution in [1.82, 2.24) is 20.2 Å². The van der Waals surface area contributed by atoms with E-state index < -0.39 is 7.12 Å². The molecule has 2 heterocycles. The zero-order chi connectivity index (χ0) is 14.9. The molecule has 4 rings (SSSR count). The van der Waals surface area contributed by atoms with Crippen LogP contribution < -0.4 is 10.2 Å². The van der Waals surface area contributed by atoms with Crippen LogP contribution >= 0.6 is 0 Å². The van der Waals surface area contributed by atoms with Gasteiger partial charge in [-0.3, -0.25) is 0 Å². The number of nitrogens with zero attached hydrogens (tertiary/aromatic N) is 4. The molecule has 8 heteroatoms. The highest BCUT2D eigenvalue weighted by molar-refractivity contribution is 6.61. The Kier molecular flexibility index (Phi) is 3.10. The number of hydrogen-bond acceptors (Lipinski definition) is 6. The van der Waals surface area contributed by atoms with Gasteiger partial charge in [-0.15, -0.1) is 5.10 Å². The molecule has 1 aliphatic heterocycles. The Morgan fingerprint density at radius 3 is 2.73 bits per heavy atom. The van der Waals surface area contributed by atoms with Crippen LogP contribution in [0.15, 0.2) is 48.8 Å². The fraction of sp³-hybridized carbons (Fsp3) is 0.0714. The van der Waals surface area contributed by atoms with E-state index in [0.717, 1.165) is 16.7 Å². The fourth-order valence-electron chi connectivity index (χ4n) is 2.35. The molecule has 0 radical (unpaired) electrons. The number of aromatic nitrogens is 4. The Morgan fingerprint density at radius 1 is 1.14 bits per heavy atom. The first-order chi connectivity index (χ1) is 10.8. The smallest absolute Gasteiger partial charge is 0.457 e. The van der Waals surface area contributed by atoms with E-state index in [1.807, 2.05) is 42.5 Å². The first kappa shape index (κ1) is 13.0. The van der Waals surface area contributed by atoms with Crippen molar-refractivity contribution in [3.8, 4) is 17.2 Å². The van der Waals surface area contributed by atoms with Gasteiger partial charge in [0.1, 0.15) is 17.8 Å². The Balaban J connectivity index is 1.54. The quantitative estimate of drug-likeness (QED) is 0.715. The van der Waals surface area contributed by atoms with E-state index in [-0.39, 0.29) is 0 Å². The summed E-state index contributed by atoms with van der Waals surface area (Å²) in [5.41, 5.74) is 2.58. The molecule has 0 saturated heterocycles. The first-order valence-corrected chi connectivity index (χ1v) is 6.73. The maximum atomic E-state index is 9.60. The van der Waals surface area contributed by atoms with Gasteiger partial charge in [-0.2, -0.15) is 0 Å². The second kappa shape index (κ2) is 5.25. The van der Waals surface area contributed by atoms with Crippen molar-refractivity contribution in [2.45, 2.75) is 6.61 Å². The van der Waals surface area contributed by atoms with Crippen LogP contribution in [-0.2, 0) is 11.3 Å². The Labute approximate surface area is 126 Å². The molecule has 108 valence electrons. The SMILES string of the molecule is OB1OCc2cc(Oc3ccc(-n4cnnn4)cc3)ccc21. The number of hydrogen-bond donors (Lipinski definition) is 1. The molecule has 0 atom stereocenters. The monoisotopic (exact) mass is 294 g/mol. The van der Waals surface area contributed by atoms with Gasteiger partial charge in [0.15, 0.2) is 0 Å². The molecule has 0 fully saturated rings. The summed E-state index contributed by atoms with van der Waals surface area (Å²) in [4.78, 5) is 0. The highest BCUT2D eigenvalue weighted by atomic mass is 16.5. The summed E-state index contributed by atoms with van der Waals surface area (Å²) in [6.07, 6.45) is 1.53. The van der Waals surface area contributed by atoms with Crippen LogP contribution in [0.4, 0.5) is 0 Å². The molecule has 1 aromatic heterocycles. The van der Waals surface area contributed by atoms with Crippen molar-refractivity contribution in [2.24, 2.45) is 0 Å². The number of rotatable bonds is 3. The molecule has 0 spiro atoms. The predicted octanol–water partition coefficient (Wildman–Crippen LogP) is 0.672. The second-order valence-electron chi connectivity index (χ2n) is 4.87. The lowest BCUT2D eigenvalue weighted by molar-refractivity contribution is 0.275. The van der Waals surface area contributed by atoms with Crippen molar-refractivity contribution >= 4 is 12.6 Å². The third kappa shape index (κ3) is 2.34. The van der Waals surface area contributed by atoms with Gasteiger partial charge in [0.25, 0.3) is 0 Å². The second-order valence-corrected chi connectivity index (χ2v) is 4.87. The molecule has 2 aromatic carbocycles. The average molecular weight is 294 g/mol. The van der Waals surface area contributed by atoms with Gasteiger partial charge in [-0.1, -0.05) is 6.07 Å². The standard InChI is InChI=1S/C14H11BN4O3/c20-15-14-6-5-13(7-10(14)8-21-15)22-12-3-1-11(2-4-12)19-9-16-17-18-19/h1-7,9,20H,8H2. The van der Waals surface area contributed by atoms with Gasteiger partial charge < -0.3 is 14.4 Å². The summed E-state index contributed by atoms with van der Waals surface area (Å²) in [5.74, 6) is 1.41. The molecule has 0 bridgehead atoms. The molecule has 22 heavy (non-hydrogen) atoms. The largest absolute Gasteiger partial charge is 0.491 e. The Hall–Kier alpha value is -2.71. The minimum Gasteiger partial charge on any atom is -0.457 e. The number of benzene rings is 2. The van der Waals surface area contributed by atoms with Gasteiger partial charge in [0, 0.05) is 0 Å². The molecule has 0 saturated carbocycles. The lowest BCUT2D eigenvalue weighted by atomic mass is 9.80. The molecule has 1 aliphatic rings. The van der Waals surface area contributed by atoms with Crippen molar-refractivity contribution in [2.75, 3.05) is 0 Å². The van der Waals surface area contributed by atoms with E-state index in [2.05, 4.69) is 15.5 Å². The molecule has 0 unspecified atom stereocenters. The Bertz CT molecular complexity index is 792. The zero-order valence-electron chi connectivity index (χ0n) is 11.5. The normalized spacial score (nSPS) is 13.2. The molecular formula is C14H11BN4O3. The summed E-state index contributed by atoms with van der Waals surface area (Å²) in [7, 11) is -0.834. The van der Waals surface area contributed by atoms with Crippen LogP contribution in [0.25, 0.3) is 5.69 Å². The van der Waals surface area contributed by atoms with Gasteiger partial charge >= 0.3 is 7.12 Å². The van der Waals surface area contributed by atoms with Crippen LogP contribution in [0.3, 0.4) is 0 Å². The van der Waals surface area contributed by atoms with Crippen molar-refractivity contribution < 1.29 is 14.4 Å². The highest BCUT2D eigenvalue weighted by Gasteiger charge is 2.27. The minimum absolute atomic E-state index is 0.395. The number of ether oxygens (including phenoxy) is 1. The molecule has 0 aliphatic carbocycles. The topological polar surface area (TPSA) is 82.3 Å². The zero-order valence-corrected chi connectivity index (χ0v) is 11.5. The first-order valence-electron chi connectivity index (χ1n) is 6.73. The van der Waals surface area contributed by atoms with Gasteiger partial charge in [0.2, 0.25) is 0 Å². The van der Waals surface area contributed by atoms with Crippen LogP contribution in [0.1, 0.15) is 5.56 Å². The summed E-state index contributed by atoms with van der Waals surface area (Å²) in [6.45, 7) is 0.395. The van der Waals surface area contributed by atoms with Crippen LogP contribution in [0.5, 0.6) is 11.5 Å². The maximum Gasteiger partial charge on any atom is 0.491 e. The van der Waals surface area contributed by atoms with Crippen molar-refractivity contribution in [3.05, 3.63) is 54.4 Å². The Morgan fingerprint density at radius 2 is 1.95 bits per heavy atom. The van der Waals surface area contributed by atoms with Crippen LogP contribution in [-0.4, -0.2) is 32.3 Å². The van der Waals surface area contributed by atoms with Crippen molar-refractivity contribution in [1.29, 1.82) is 0 Å². The molecule has 1 N–H and O–H groups in total. The summed E-state index contributed by atoms with van der Waals surface area (Å²) >= 11 is 0. The van der Waals surface area contributed by atoms with Gasteiger partial charge in [-0.25, -0.2) is 4.68 Å². The highest BCUT2D eigenvalue weighted by Crippen LogP contribution is 2.24. The number of tetrazole rings is 1. The van der Waals surface area contributed by atoms with E-state index >= 15 is 0 Å². The number of fused-ring (bicyclic) bond motifs is 1.